The molecule has 0 fully saturated rings. The number of anilines is 1. The largest absolute Gasteiger partial charge is 0.399 e. The summed E-state index contributed by atoms with van der Waals surface area (Å²) in [5.74, 6) is 0. The smallest absolute Gasteiger partial charge is 0.242 e. The molecule has 0 saturated carbocycles. The van der Waals surface area contributed by atoms with E-state index in [1.165, 1.54) is 6.20 Å². The molecule has 1 aliphatic carbocycles. The molecule has 3 N–H and O–H groups in total. The second kappa shape index (κ2) is 7.10. The highest BCUT2D eigenvalue weighted by Gasteiger charge is 2.26. The summed E-state index contributed by atoms with van der Waals surface area (Å²) in [6.45, 7) is 1.84. The number of nitrogen functional groups attached to an aromatic ring is 1. The number of aryl methyl sites for hydroxylation is 3. The fourth-order valence-electron chi connectivity index (χ4n) is 3.65. The van der Waals surface area contributed by atoms with E-state index in [0.29, 0.717) is 11.3 Å². The van der Waals surface area contributed by atoms with E-state index in [2.05, 4.69) is 14.8 Å². The molecule has 0 amide bonds. The Balaban J connectivity index is 0.00000210. The summed E-state index contributed by atoms with van der Waals surface area (Å²) in [6.07, 6.45) is 3.99. The first-order valence-corrected chi connectivity index (χ1v) is 10.0. The van der Waals surface area contributed by atoms with Crippen molar-refractivity contribution in [2.75, 3.05) is 5.73 Å². The average molecular weight is 408 g/mol. The second-order valence-electron chi connectivity index (χ2n) is 6.78. The molecule has 9 heteroatoms. The van der Waals surface area contributed by atoms with Crippen molar-refractivity contribution < 1.29 is 8.42 Å². The van der Waals surface area contributed by atoms with Gasteiger partial charge in [-0.15, -0.1) is 12.4 Å². The lowest BCUT2D eigenvalue weighted by atomic mass is 9.88. The summed E-state index contributed by atoms with van der Waals surface area (Å²) in [7, 11) is -1.90. The van der Waals surface area contributed by atoms with Crippen LogP contribution in [0.25, 0.3) is 11.0 Å². The second-order valence-corrected chi connectivity index (χ2v) is 8.49. The third kappa shape index (κ3) is 3.52. The number of nitrogens with one attached hydrogen (secondary N) is 1. The van der Waals surface area contributed by atoms with Crippen molar-refractivity contribution in [1.29, 1.82) is 0 Å². The lowest BCUT2D eigenvalue weighted by Crippen LogP contribution is -2.31. The highest BCUT2D eigenvalue weighted by molar-refractivity contribution is 7.89. The number of hydrogen-bond acceptors (Lipinski definition) is 5. The number of benzene rings is 1. The molecule has 0 spiro atoms. The number of aromatic nitrogens is 3. The van der Waals surface area contributed by atoms with Gasteiger partial charge in [-0.05, 0) is 55.5 Å². The minimum absolute atomic E-state index is 0. The Hall–Kier alpha value is -2.16. The van der Waals surface area contributed by atoms with Gasteiger partial charge in [0.15, 0.2) is 5.65 Å². The molecular formula is C18H22ClN5O2S. The SMILES string of the molecule is Cc1nn(C)c2ncc(S(=O)(=O)NC3CCCc4cc(N)ccc43)cc12.Cl. The predicted molar refractivity (Wildman–Crippen MR) is 107 cm³/mol. The average Bonchev–Trinajstić information content (AvgIpc) is 2.88. The van der Waals surface area contributed by atoms with Crippen LogP contribution in [-0.2, 0) is 23.5 Å². The molecule has 3 aromatic rings. The topological polar surface area (TPSA) is 103 Å². The van der Waals surface area contributed by atoms with Crippen molar-refractivity contribution in [1.82, 2.24) is 19.5 Å². The molecule has 0 aliphatic heterocycles. The number of nitrogens with zero attached hydrogens (tertiary/aromatic N) is 3. The van der Waals surface area contributed by atoms with Crippen molar-refractivity contribution in [2.24, 2.45) is 7.05 Å². The minimum atomic E-state index is -3.69. The van der Waals surface area contributed by atoms with Gasteiger partial charge in [0.05, 0.1) is 5.69 Å². The van der Waals surface area contributed by atoms with Gasteiger partial charge in [0.25, 0.3) is 0 Å². The van der Waals surface area contributed by atoms with E-state index in [-0.39, 0.29) is 23.3 Å². The maximum atomic E-state index is 12.9. The summed E-state index contributed by atoms with van der Waals surface area (Å²) >= 11 is 0. The van der Waals surface area contributed by atoms with Gasteiger partial charge in [0, 0.05) is 30.4 Å². The highest BCUT2D eigenvalue weighted by Crippen LogP contribution is 2.32. The molecule has 7 nitrogen and oxygen atoms in total. The molecule has 1 aromatic carbocycles. The van der Waals surface area contributed by atoms with Crippen molar-refractivity contribution in [3.63, 3.8) is 0 Å². The summed E-state index contributed by atoms with van der Waals surface area (Å²) in [5, 5.41) is 5.04. The Morgan fingerprint density at radius 2 is 2.07 bits per heavy atom. The quantitative estimate of drug-likeness (QED) is 0.649. The zero-order valence-electron chi connectivity index (χ0n) is 15.1. The summed E-state index contributed by atoms with van der Waals surface area (Å²) in [6, 6.07) is 7.05. The maximum absolute atomic E-state index is 12.9. The van der Waals surface area contributed by atoms with E-state index in [9.17, 15) is 8.42 Å². The molecule has 2 aromatic heterocycles. The lowest BCUT2D eigenvalue weighted by molar-refractivity contribution is 0.507. The standard InChI is InChI=1S/C18H21N5O2S.ClH/c1-11-16-9-14(10-20-18(16)23(2)21-11)26(24,25)22-17-5-3-4-12-8-13(19)6-7-15(12)17;/h6-10,17,22H,3-5,19H2,1-2H3;1H. The van der Waals surface area contributed by atoms with Crippen LogP contribution in [0.3, 0.4) is 0 Å². The van der Waals surface area contributed by atoms with Gasteiger partial charge in [-0.3, -0.25) is 4.68 Å². The zero-order chi connectivity index (χ0) is 18.5. The summed E-state index contributed by atoms with van der Waals surface area (Å²) in [4.78, 5) is 4.44. The normalized spacial score (nSPS) is 16.7. The van der Waals surface area contributed by atoms with Crippen molar-refractivity contribution in [3.8, 4) is 0 Å². The maximum Gasteiger partial charge on any atom is 0.242 e. The summed E-state index contributed by atoms with van der Waals surface area (Å²) < 4.78 is 30.4. The molecule has 1 aliphatic rings. The van der Waals surface area contributed by atoms with E-state index in [1.54, 1.807) is 17.8 Å². The van der Waals surface area contributed by atoms with E-state index in [4.69, 9.17) is 5.73 Å². The number of hydrogen-bond donors (Lipinski definition) is 2. The molecule has 0 bridgehead atoms. The van der Waals surface area contributed by atoms with Gasteiger partial charge in [-0.1, -0.05) is 6.07 Å². The number of nitrogens with two attached hydrogens (primary N) is 1. The van der Waals surface area contributed by atoms with Crippen LogP contribution in [0.2, 0.25) is 0 Å². The Kier molecular flexibility index (Phi) is 5.16. The van der Waals surface area contributed by atoms with Gasteiger partial charge in [-0.25, -0.2) is 18.1 Å². The Morgan fingerprint density at radius 1 is 1.30 bits per heavy atom. The van der Waals surface area contributed by atoms with Crippen LogP contribution < -0.4 is 10.5 Å². The van der Waals surface area contributed by atoms with Gasteiger partial charge in [-0.2, -0.15) is 5.10 Å². The first-order valence-electron chi connectivity index (χ1n) is 8.55. The van der Waals surface area contributed by atoms with Gasteiger partial charge >= 0.3 is 0 Å². The van der Waals surface area contributed by atoms with Crippen molar-refractivity contribution >= 4 is 39.2 Å². The van der Waals surface area contributed by atoms with Crippen molar-refractivity contribution in [3.05, 3.63) is 47.3 Å². The van der Waals surface area contributed by atoms with E-state index < -0.39 is 10.0 Å². The first kappa shape index (κ1) is 19.6. The van der Waals surface area contributed by atoms with E-state index in [0.717, 1.165) is 41.5 Å². The number of fused-ring (bicyclic) bond motifs is 2. The van der Waals surface area contributed by atoms with Crippen molar-refractivity contribution in [2.45, 2.75) is 37.1 Å². The number of rotatable bonds is 3. The number of sulfonamides is 1. The third-order valence-corrected chi connectivity index (χ3v) is 6.37. The zero-order valence-corrected chi connectivity index (χ0v) is 16.8. The van der Waals surface area contributed by atoms with Crippen LogP contribution in [0.5, 0.6) is 0 Å². The summed E-state index contributed by atoms with van der Waals surface area (Å²) in [5.41, 5.74) is 10.1. The minimum Gasteiger partial charge on any atom is -0.399 e. The molecular weight excluding hydrogens is 386 g/mol. The lowest BCUT2D eigenvalue weighted by Gasteiger charge is -2.26. The van der Waals surface area contributed by atoms with Gasteiger partial charge < -0.3 is 5.73 Å². The Morgan fingerprint density at radius 3 is 2.85 bits per heavy atom. The fourth-order valence-corrected chi connectivity index (χ4v) is 4.87. The molecule has 2 heterocycles. The van der Waals surface area contributed by atoms with Crippen LogP contribution in [-0.4, -0.2) is 23.2 Å². The highest BCUT2D eigenvalue weighted by atomic mass is 35.5. The molecule has 1 unspecified atom stereocenters. The van der Waals surface area contributed by atoms with E-state index in [1.807, 2.05) is 25.1 Å². The van der Waals surface area contributed by atoms with Crippen LogP contribution >= 0.6 is 12.4 Å². The number of pyridine rings is 1. The molecule has 27 heavy (non-hydrogen) atoms. The molecule has 4 rings (SSSR count). The van der Waals surface area contributed by atoms with Crippen LogP contribution in [0, 0.1) is 6.92 Å². The van der Waals surface area contributed by atoms with Crippen LogP contribution in [0.4, 0.5) is 5.69 Å². The van der Waals surface area contributed by atoms with Gasteiger partial charge in [0.2, 0.25) is 10.0 Å². The molecule has 1 atom stereocenters. The fraction of sp³-hybridized carbons (Fsp3) is 0.333. The monoisotopic (exact) mass is 407 g/mol. The first-order chi connectivity index (χ1) is 12.3. The van der Waals surface area contributed by atoms with Crippen LogP contribution in [0.15, 0.2) is 35.4 Å². The van der Waals surface area contributed by atoms with Gasteiger partial charge in [0.1, 0.15) is 4.90 Å². The molecule has 0 saturated heterocycles. The Bertz CT molecular complexity index is 1110. The molecule has 144 valence electrons. The third-order valence-electron chi connectivity index (χ3n) is 4.93. The number of halogens is 1. The predicted octanol–water partition coefficient (Wildman–Crippen LogP) is 2.64. The Labute approximate surface area is 164 Å². The van der Waals surface area contributed by atoms with Crippen LogP contribution in [0.1, 0.15) is 35.7 Å². The van der Waals surface area contributed by atoms with E-state index >= 15 is 0 Å². The molecule has 0 radical (unpaired) electrons.